The van der Waals surface area contributed by atoms with Crippen LogP contribution in [0.4, 0.5) is 0 Å². The molecule has 0 aliphatic heterocycles. The van der Waals surface area contributed by atoms with E-state index in [-0.39, 0.29) is 5.91 Å². The lowest BCUT2D eigenvalue weighted by Gasteiger charge is -2.01. The molecule has 0 aliphatic carbocycles. The first-order valence-electron chi connectivity index (χ1n) is 5.17. The maximum atomic E-state index is 11.6. The Labute approximate surface area is 98.5 Å². The monoisotopic (exact) mass is 234 g/mol. The Morgan fingerprint density at radius 3 is 3.06 bits per heavy atom. The number of thiophene rings is 1. The highest BCUT2D eigenvalue weighted by molar-refractivity contribution is 7.09. The van der Waals surface area contributed by atoms with Crippen LogP contribution in [0.15, 0.2) is 29.8 Å². The predicted molar refractivity (Wildman–Crippen MR) is 65.4 cm³/mol. The van der Waals surface area contributed by atoms with Crippen molar-refractivity contribution in [2.75, 3.05) is 0 Å². The lowest BCUT2D eigenvalue weighted by molar-refractivity contribution is -0.120. The van der Waals surface area contributed by atoms with Crippen LogP contribution in [0.2, 0.25) is 0 Å². The summed E-state index contributed by atoms with van der Waals surface area (Å²) >= 11 is 1.65. The summed E-state index contributed by atoms with van der Waals surface area (Å²) in [5, 5.41) is 4.91. The zero-order valence-corrected chi connectivity index (χ0v) is 9.93. The minimum absolute atomic E-state index is 0.0624. The number of hydrogen-bond donors (Lipinski definition) is 2. The van der Waals surface area contributed by atoms with Crippen LogP contribution in [0, 0.1) is 6.92 Å². The number of nitrogens with one attached hydrogen (secondary N) is 2. The highest BCUT2D eigenvalue weighted by Gasteiger charge is 2.04. The fourth-order valence-corrected chi connectivity index (χ4v) is 2.16. The van der Waals surface area contributed by atoms with E-state index in [0.29, 0.717) is 13.0 Å². The zero-order chi connectivity index (χ0) is 11.4. The quantitative estimate of drug-likeness (QED) is 0.837. The summed E-state index contributed by atoms with van der Waals surface area (Å²) in [7, 11) is 0. The Bertz CT molecular complexity index is 459. The first-order valence-corrected chi connectivity index (χ1v) is 6.05. The molecule has 4 heteroatoms. The normalized spacial score (nSPS) is 10.3. The van der Waals surface area contributed by atoms with E-state index >= 15 is 0 Å². The van der Waals surface area contributed by atoms with Gasteiger partial charge in [0.1, 0.15) is 0 Å². The fraction of sp³-hybridized carbons (Fsp3) is 0.250. The fourth-order valence-electron chi connectivity index (χ4n) is 1.52. The van der Waals surface area contributed by atoms with E-state index < -0.39 is 0 Å². The van der Waals surface area contributed by atoms with Crippen molar-refractivity contribution in [1.29, 1.82) is 0 Å². The second-order valence-electron chi connectivity index (χ2n) is 3.72. The average Bonchev–Trinajstić information content (AvgIpc) is 2.87. The van der Waals surface area contributed by atoms with Crippen molar-refractivity contribution in [3.63, 3.8) is 0 Å². The third kappa shape index (κ3) is 2.97. The number of hydrogen-bond acceptors (Lipinski definition) is 2. The molecule has 16 heavy (non-hydrogen) atoms. The number of H-pyrrole nitrogens is 1. The molecule has 0 saturated heterocycles. The molecule has 0 aromatic carbocycles. The maximum Gasteiger partial charge on any atom is 0.224 e. The van der Waals surface area contributed by atoms with E-state index in [1.54, 1.807) is 11.3 Å². The minimum Gasteiger partial charge on any atom is -0.365 e. The summed E-state index contributed by atoms with van der Waals surface area (Å²) in [5.74, 6) is 0.0624. The summed E-state index contributed by atoms with van der Waals surface area (Å²) in [6.45, 7) is 2.60. The van der Waals surface area contributed by atoms with Crippen LogP contribution < -0.4 is 5.32 Å². The van der Waals surface area contributed by atoms with Gasteiger partial charge >= 0.3 is 0 Å². The van der Waals surface area contributed by atoms with Crippen LogP contribution >= 0.6 is 11.3 Å². The first-order chi connectivity index (χ1) is 7.74. The van der Waals surface area contributed by atoms with Crippen molar-refractivity contribution in [3.8, 4) is 0 Å². The molecule has 0 saturated carbocycles. The Balaban J connectivity index is 1.81. The van der Waals surface area contributed by atoms with Gasteiger partial charge in [-0.25, -0.2) is 0 Å². The van der Waals surface area contributed by atoms with Crippen LogP contribution in [-0.2, 0) is 17.8 Å². The topological polar surface area (TPSA) is 44.9 Å². The molecule has 2 rings (SSSR count). The molecule has 0 spiro atoms. The van der Waals surface area contributed by atoms with Gasteiger partial charge in [-0.3, -0.25) is 4.79 Å². The molecule has 0 fully saturated rings. The second-order valence-corrected chi connectivity index (χ2v) is 4.76. The summed E-state index contributed by atoms with van der Waals surface area (Å²) in [5.41, 5.74) is 2.11. The first kappa shape index (κ1) is 11.0. The molecule has 0 atom stereocenters. The SMILES string of the molecule is Cc1cc(CC(=O)NCc2cccs2)c[nH]1. The van der Waals surface area contributed by atoms with Crippen molar-refractivity contribution in [2.24, 2.45) is 0 Å². The van der Waals surface area contributed by atoms with Crippen LogP contribution in [-0.4, -0.2) is 10.9 Å². The third-order valence-electron chi connectivity index (χ3n) is 2.29. The number of aryl methyl sites for hydroxylation is 1. The third-order valence-corrected chi connectivity index (χ3v) is 3.17. The molecule has 2 aromatic heterocycles. The number of carbonyl (C=O) groups excluding carboxylic acids is 1. The van der Waals surface area contributed by atoms with Gasteiger partial charge in [-0.2, -0.15) is 0 Å². The summed E-state index contributed by atoms with van der Waals surface area (Å²) in [4.78, 5) is 15.8. The van der Waals surface area contributed by atoms with Gasteiger partial charge in [0.25, 0.3) is 0 Å². The van der Waals surface area contributed by atoms with Gasteiger partial charge in [0.05, 0.1) is 13.0 Å². The molecule has 3 nitrogen and oxygen atoms in total. The maximum absolute atomic E-state index is 11.6. The van der Waals surface area contributed by atoms with E-state index in [0.717, 1.165) is 11.3 Å². The summed E-state index contributed by atoms with van der Waals surface area (Å²) < 4.78 is 0. The number of aromatic amines is 1. The van der Waals surface area contributed by atoms with Crippen LogP contribution in [0.25, 0.3) is 0 Å². The number of carbonyl (C=O) groups is 1. The molecule has 2 N–H and O–H groups in total. The lowest BCUT2D eigenvalue weighted by Crippen LogP contribution is -2.23. The van der Waals surface area contributed by atoms with Crippen molar-refractivity contribution in [1.82, 2.24) is 10.3 Å². The van der Waals surface area contributed by atoms with Gasteiger partial charge in [0, 0.05) is 16.8 Å². The van der Waals surface area contributed by atoms with E-state index in [9.17, 15) is 4.79 Å². The van der Waals surface area contributed by atoms with Gasteiger partial charge in [0.15, 0.2) is 0 Å². The van der Waals surface area contributed by atoms with Gasteiger partial charge in [-0.15, -0.1) is 11.3 Å². The number of aromatic nitrogens is 1. The van der Waals surface area contributed by atoms with E-state index in [1.807, 2.05) is 36.7 Å². The number of amides is 1. The Morgan fingerprint density at radius 2 is 2.44 bits per heavy atom. The minimum atomic E-state index is 0.0624. The van der Waals surface area contributed by atoms with E-state index in [4.69, 9.17) is 0 Å². The molecule has 0 aliphatic rings. The molecule has 2 heterocycles. The molecule has 0 bridgehead atoms. The molecule has 84 valence electrons. The highest BCUT2D eigenvalue weighted by Crippen LogP contribution is 2.08. The predicted octanol–water partition coefficient (Wildman–Crippen LogP) is 2.24. The zero-order valence-electron chi connectivity index (χ0n) is 9.12. The molecule has 0 unspecified atom stereocenters. The summed E-state index contributed by atoms with van der Waals surface area (Å²) in [6, 6.07) is 6.00. The van der Waals surface area contributed by atoms with Gasteiger partial charge in [-0.05, 0) is 30.0 Å². The van der Waals surface area contributed by atoms with Crippen LogP contribution in [0.3, 0.4) is 0 Å². The van der Waals surface area contributed by atoms with Gasteiger partial charge < -0.3 is 10.3 Å². The molecule has 2 aromatic rings. The van der Waals surface area contributed by atoms with Crippen LogP contribution in [0.5, 0.6) is 0 Å². The van der Waals surface area contributed by atoms with E-state index in [2.05, 4.69) is 10.3 Å². The molecule has 0 radical (unpaired) electrons. The molecular formula is C12H14N2OS. The lowest BCUT2D eigenvalue weighted by atomic mass is 10.2. The van der Waals surface area contributed by atoms with Crippen LogP contribution in [0.1, 0.15) is 16.1 Å². The van der Waals surface area contributed by atoms with Gasteiger partial charge in [0.2, 0.25) is 5.91 Å². The summed E-state index contributed by atoms with van der Waals surface area (Å²) in [6.07, 6.45) is 2.32. The Morgan fingerprint density at radius 1 is 1.56 bits per heavy atom. The largest absolute Gasteiger partial charge is 0.365 e. The number of rotatable bonds is 4. The Kier molecular flexibility index (Phi) is 3.41. The Hall–Kier alpha value is -1.55. The second kappa shape index (κ2) is 4.99. The van der Waals surface area contributed by atoms with Crippen molar-refractivity contribution >= 4 is 17.2 Å². The van der Waals surface area contributed by atoms with E-state index in [1.165, 1.54) is 4.88 Å². The van der Waals surface area contributed by atoms with Crippen molar-refractivity contribution < 1.29 is 4.79 Å². The standard InChI is InChI=1S/C12H14N2OS/c1-9-5-10(7-13-9)6-12(15)14-8-11-3-2-4-16-11/h2-5,7,13H,6,8H2,1H3,(H,14,15). The van der Waals surface area contributed by atoms with Crippen molar-refractivity contribution in [2.45, 2.75) is 19.9 Å². The molecule has 1 amide bonds. The van der Waals surface area contributed by atoms with Gasteiger partial charge in [-0.1, -0.05) is 6.07 Å². The van der Waals surface area contributed by atoms with Crippen molar-refractivity contribution in [3.05, 3.63) is 45.9 Å². The smallest absolute Gasteiger partial charge is 0.224 e. The average molecular weight is 234 g/mol. The highest BCUT2D eigenvalue weighted by atomic mass is 32.1. The molecular weight excluding hydrogens is 220 g/mol.